The Morgan fingerprint density at radius 1 is 1.25 bits per heavy atom. The lowest BCUT2D eigenvalue weighted by molar-refractivity contribution is -0.386. The number of benzene rings is 2. The summed E-state index contributed by atoms with van der Waals surface area (Å²) in [7, 11) is 1.42. The fraction of sp³-hybridized carbons (Fsp3) is 0.304. The Hall–Kier alpha value is -3.46. The lowest BCUT2D eigenvalue weighted by Gasteiger charge is -2.30. The smallest absolute Gasteiger partial charge is 0.315 e. The average molecular weight is 456 g/mol. The van der Waals surface area contributed by atoms with Gasteiger partial charge in [0, 0.05) is 22.9 Å². The quantitative estimate of drug-likeness (QED) is 0.188. The number of allylic oxidation sites excluding steroid dienone is 1. The summed E-state index contributed by atoms with van der Waals surface area (Å²) in [5.41, 5.74) is 1.74. The first-order valence-electron chi connectivity index (χ1n) is 10.2. The van der Waals surface area contributed by atoms with Crippen molar-refractivity contribution in [2.45, 2.75) is 32.7 Å². The van der Waals surface area contributed by atoms with Crippen LogP contribution in [0.5, 0.6) is 11.5 Å². The Balaban J connectivity index is 2.12. The maximum atomic E-state index is 13.3. The molecule has 0 amide bonds. The minimum absolute atomic E-state index is 0.0721. The highest BCUT2D eigenvalue weighted by molar-refractivity contribution is 7.80. The van der Waals surface area contributed by atoms with Crippen molar-refractivity contribution in [3.8, 4) is 11.5 Å². The molecule has 9 heteroatoms. The van der Waals surface area contributed by atoms with Crippen LogP contribution in [0.4, 0.5) is 5.69 Å². The van der Waals surface area contributed by atoms with Gasteiger partial charge in [-0.05, 0) is 37.2 Å². The van der Waals surface area contributed by atoms with E-state index in [0.717, 1.165) is 12.8 Å². The number of carbonyl (C=O) groups is 1. The van der Waals surface area contributed by atoms with Crippen LogP contribution in [0, 0.1) is 10.1 Å². The summed E-state index contributed by atoms with van der Waals surface area (Å²) in [5.74, 6) is 0.0871. The first-order chi connectivity index (χ1) is 15.4. The van der Waals surface area contributed by atoms with Crippen molar-refractivity contribution >= 4 is 28.8 Å². The zero-order chi connectivity index (χ0) is 23.3. The fourth-order valence-electron chi connectivity index (χ4n) is 3.52. The molecule has 32 heavy (non-hydrogen) atoms. The standard InChI is InChI=1S/C23H25N3O5S/c1-4-5-11-31-22-17(26(28)29)12-16(13-18(22)30-3)20-19(14(2)24-23(32)25-20)21(27)15-9-7-6-8-10-15/h6-10,12-13,20H,4-5,11H2,1-3H3,(H2,24,25,32). The number of nitro groups is 1. The number of ketones is 1. The lowest BCUT2D eigenvalue weighted by atomic mass is 9.89. The molecule has 0 saturated heterocycles. The number of hydrogen-bond donors (Lipinski definition) is 2. The maximum Gasteiger partial charge on any atom is 0.315 e. The van der Waals surface area contributed by atoms with Gasteiger partial charge in [0.05, 0.1) is 24.7 Å². The molecule has 0 bridgehead atoms. The number of carbonyl (C=O) groups excluding carboxylic acids is 1. The van der Waals surface area contributed by atoms with E-state index in [1.165, 1.54) is 13.2 Å². The van der Waals surface area contributed by atoms with Gasteiger partial charge in [-0.15, -0.1) is 0 Å². The summed E-state index contributed by atoms with van der Waals surface area (Å²) in [6, 6.07) is 11.2. The van der Waals surface area contributed by atoms with Crippen LogP contribution in [0.15, 0.2) is 53.7 Å². The van der Waals surface area contributed by atoms with E-state index in [0.29, 0.717) is 34.1 Å². The van der Waals surface area contributed by atoms with Crippen molar-refractivity contribution in [2.24, 2.45) is 0 Å². The number of unbranched alkanes of at least 4 members (excludes halogenated alkanes) is 1. The van der Waals surface area contributed by atoms with E-state index in [-0.39, 0.29) is 23.0 Å². The van der Waals surface area contributed by atoms with Gasteiger partial charge in [-0.2, -0.15) is 0 Å². The Morgan fingerprint density at radius 3 is 2.59 bits per heavy atom. The van der Waals surface area contributed by atoms with E-state index >= 15 is 0 Å². The number of hydrogen-bond acceptors (Lipinski definition) is 6. The second kappa shape index (κ2) is 10.2. The molecule has 0 aliphatic carbocycles. The van der Waals surface area contributed by atoms with Gasteiger partial charge in [-0.3, -0.25) is 14.9 Å². The van der Waals surface area contributed by atoms with Crippen molar-refractivity contribution in [1.82, 2.24) is 10.6 Å². The minimum Gasteiger partial charge on any atom is -0.493 e. The molecule has 1 atom stereocenters. The third-order valence-corrected chi connectivity index (χ3v) is 5.32. The monoisotopic (exact) mass is 455 g/mol. The van der Waals surface area contributed by atoms with Gasteiger partial charge in [0.2, 0.25) is 5.75 Å². The molecule has 0 saturated carbocycles. The van der Waals surface area contributed by atoms with Gasteiger partial charge >= 0.3 is 5.69 Å². The minimum atomic E-state index is -0.700. The summed E-state index contributed by atoms with van der Waals surface area (Å²) in [4.78, 5) is 24.7. The summed E-state index contributed by atoms with van der Waals surface area (Å²) < 4.78 is 11.1. The molecule has 0 aromatic heterocycles. The fourth-order valence-corrected chi connectivity index (χ4v) is 3.79. The molecule has 1 aliphatic rings. The van der Waals surface area contributed by atoms with Gasteiger partial charge < -0.3 is 20.1 Å². The Labute approximate surface area is 191 Å². The number of Topliss-reactive ketones (excluding diaryl/α,β-unsaturated/α-hetero) is 1. The van der Waals surface area contributed by atoms with Gasteiger partial charge in [-0.25, -0.2) is 0 Å². The lowest BCUT2D eigenvalue weighted by Crippen LogP contribution is -2.44. The molecular weight excluding hydrogens is 430 g/mol. The van der Waals surface area contributed by atoms with Gasteiger partial charge in [0.1, 0.15) is 0 Å². The second-order valence-corrected chi connectivity index (χ2v) is 7.70. The van der Waals surface area contributed by atoms with E-state index in [1.807, 2.05) is 13.0 Å². The third kappa shape index (κ3) is 4.88. The number of methoxy groups -OCH3 is 1. The molecular formula is C23H25N3O5S. The first-order valence-corrected chi connectivity index (χ1v) is 10.6. The van der Waals surface area contributed by atoms with E-state index in [4.69, 9.17) is 21.7 Å². The Morgan fingerprint density at radius 2 is 1.97 bits per heavy atom. The topological polar surface area (TPSA) is 103 Å². The predicted molar refractivity (Wildman–Crippen MR) is 125 cm³/mol. The van der Waals surface area contributed by atoms with E-state index < -0.39 is 11.0 Å². The first kappa shape index (κ1) is 23.2. The third-order valence-electron chi connectivity index (χ3n) is 5.10. The molecule has 1 aliphatic heterocycles. The summed E-state index contributed by atoms with van der Waals surface area (Å²) in [6.45, 7) is 4.09. The van der Waals surface area contributed by atoms with Crippen molar-refractivity contribution in [2.75, 3.05) is 13.7 Å². The number of nitrogens with one attached hydrogen (secondary N) is 2. The molecule has 168 valence electrons. The van der Waals surface area contributed by atoms with Crippen LogP contribution < -0.4 is 20.1 Å². The zero-order valence-corrected chi connectivity index (χ0v) is 19.0. The SMILES string of the molecule is CCCCOc1c(OC)cc(C2NC(=S)NC(C)=C2C(=O)c2ccccc2)cc1[N+](=O)[O-]. The van der Waals surface area contributed by atoms with Gasteiger partial charge in [-0.1, -0.05) is 43.7 Å². The van der Waals surface area contributed by atoms with E-state index in [9.17, 15) is 14.9 Å². The van der Waals surface area contributed by atoms with Gasteiger partial charge in [0.15, 0.2) is 16.6 Å². The van der Waals surface area contributed by atoms with Crippen LogP contribution in [0.25, 0.3) is 0 Å². The Bertz CT molecular complexity index is 1070. The number of nitro benzene ring substituents is 1. The van der Waals surface area contributed by atoms with Crippen LogP contribution in [0.2, 0.25) is 0 Å². The van der Waals surface area contributed by atoms with Crippen LogP contribution in [-0.4, -0.2) is 29.5 Å². The molecule has 2 aromatic carbocycles. The Kier molecular flexibility index (Phi) is 7.42. The molecule has 1 unspecified atom stereocenters. The summed E-state index contributed by atoms with van der Waals surface area (Å²) in [6.07, 6.45) is 1.64. The van der Waals surface area contributed by atoms with Crippen LogP contribution in [0.3, 0.4) is 0 Å². The van der Waals surface area contributed by atoms with Crippen molar-refractivity contribution < 1.29 is 19.2 Å². The summed E-state index contributed by atoms with van der Waals surface area (Å²) >= 11 is 5.30. The molecule has 2 N–H and O–H groups in total. The van der Waals surface area contributed by atoms with Crippen LogP contribution in [-0.2, 0) is 0 Å². The molecule has 8 nitrogen and oxygen atoms in total. The zero-order valence-electron chi connectivity index (χ0n) is 18.1. The van der Waals surface area contributed by atoms with Crippen LogP contribution >= 0.6 is 12.2 Å². The molecule has 0 fully saturated rings. The number of ether oxygens (including phenoxy) is 2. The average Bonchev–Trinajstić information content (AvgIpc) is 2.78. The maximum absolute atomic E-state index is 13.3. The molecule has 3 rings (SSSR count). The van der Waals surface area contributed by atoms with E-state index in [1.54, 1.807) is 37.3 Å². The highest BCUT2D eigenvalue weighted by Crippen LogP contribution is 2.42. The number of nitrogens with zero attached hydrogens (tertiary/aromatic N) is 1. The number of thiocarbonyl (C=S) groups is 1. The molecule has 0 spiro atoms. The van der Waals surface area contributed by atoms with Crippen LogP contribution in [0.1, 0.15) is 48.7 Å². The van der Waals surface area contributed by atoms with Crippen molar-refractivity contribution in [3.63, 3.8) is 0 Å². The molecule has 2 aromatic rings. The van der Waals surface area contributed by atoms with Gasteiger partial charge in [0.25, 0.3) is 0 Å². The highest BCUT2D eigenvalue weighted by atomic mass is 32.1. The largest absolute Gasteiger partial charge is 0.493 e. The molecule has 0 radical (unpaired) electrons. The highest BCUT2D eigenvalue weighted by Gasteiger charge is 2.33. The van der Waals surface area contributed by atoms with Crippen molar-refractivity contribution in [1.29, 1.82) is 0 Å². The van der Waals surface area contributed by atoms with E-state index in [2.05, 4.69) is 10.6 Å². The molecule has 1 heterocycles. The number of rotatable bonds is 9. The normalized spacial score (nSPS) is 15.6. The summed E-state index contributed by atoms with van der Waals surface area (Å²) in [5, 5.41) is 18.2. The predicted octanol–water partition coefficient (Wildman–Crippen LogP) is 4.46. The second-order valence-electron chi connectivity index (χ2n) is 7.30. The van der Waals surface area contributed by atoms with Crippen molar-refractivity contribution in [3.05, 3.63) is 75.0 Å².